The van der Waals surface area contributed by atoms with Crippen LogP contribution < -0.4 is 0 Å². The molecule has 1 N–H and O–H groups in total. The highest BCUT2D eigenvalue weighted by Gasteiger charge is 2.30. The van der Waals surface area contributed by atoms with Crippen molar-refractivity contribution in [3.05, 3.63) is 53.4 Å². The van der Waals surface area contributed by atoms with Gasteiger partial charge in [-0.3, -0.25) is 9.89 Å². The maximum absolute atomic E-state index is 12.9. The third-order valence-electron chi connectivity index (χ3n) is 4.94. The minimum Gasteiger partial charge on any atom is -0.339 e. The van der Waals surface area contributed by atoms with Gasteiger partial charge in [0.1, 0.15) is 11.6 Å². The van der Waals surface area contributed by atoms with Crippen LogP contribution in [0.25, 0.3) is 6.08 Å². The number of hydrogen-bond donors (Lipinski definition) is 1. The Labute approximate surface area is 146 Å². The smallest absolute Gasteiger partial charge is 0.246 e. The van der Waals surface area contributed by atoms with Crippen LogP contribution in [-0.2, 0) is 4.79 Å². The van der Waals surface area contributed by atoms with Crippen molar-refractivity contribution in [2.45, 2.75) is 37.5 Å². The van der Waals surface area contributed by atoms with Gasteiger partial charge in [0.15, 0.2) is 5.82 Å². The van der Waals surface area contributed by atoms with Crippen LogP contribution in [0.3, 0.4) is 0 Å². The lowest BCUT2D eigenvalue weighted by Gasteiger charge is -2.30. The Kier molecular flexibility index (Phi) is 4.34. The molecule has 0 bridgehead atoms. The largest absolute Gasteiger partial charge is 0.339 e. The molecule has 1 amide bonds. The van der Waals surface area contributed by atoms with Gasteiger partial charge in [-0.25, -0.2) is 9.37 Å². The highest BCUT2D eigenvalue weighted by molar-refractivity contribution is 5.91. The van der Waals surface area contributed by atoms with Gasteiger partial charge in [0.25, 0.3) is 0 Å². The van der Waals surface area contributed by atoms with E-state index in [0.29, 0.717) is 11.8 Å². The van der Waals surface area contributed by atoms with E-state index in [-0.39, 0.29) is 11.7 Å². The molecule has 130 valence electrons. The first-order valence-corrected chi connectivity index (χ1v) is 8.84. The number of carbonyl (C=O) groups is 1. The third kappa shape index (κ3) is 3.78. The number of nitrogens with one attached hydrogen (secondary N) is 1. The molecule has 0 radical (unpaired) electrons. The fraction of sp³-hybridized carbons (Fsp3) is 0.421. The van der Waals surface area contributed by atoms with E-state index in [9.17, 15) is 9.18 Å². The molecule has 0 spiro atoms. The van der Waals surface area contributed by atoms with Crippen molar-refractivity contribution < 1.29 is 9.18 Å². The summed E-state index contributed by atoms with van der Waals surface area (Å²) in [6.45, 7) is 1.44. The summed E-state index contributed by atoms with van der Waals surface area (Å²) in [5, 5.41) is 7.41. The number of carbonyl (C=O) groups excluding carboxylic acids is 1. The van der Waals surface area contributed by atoms with Gasteiger partial charge in [0.05, 0.1) is 0 Å². The first-order chi connectivity index (χ1) is 12.2. The number of H-pyrrole nitrogens is 1. The summed E-state index contributed by atoms with van der Waals surface area (Å²) in [6.07, 6.45) is 7.49. The molecule has 1 saturated carbocycles. The standard InChI is InChI=1S/C19H21FN4O/c20-16-6-1-13(2-7-16)3-8-17(25)24-11-9-15(10-12-24)19-21-18(22-23-19)14-4-5-14/h1-3,6-8,14-15H,4-5,9-12H2,(H,21,22,23)/b8-3-. The number of aromatic amines is 1. The molecule has 1 aliphatic carbocycles. The van der Waals surface area contributed by atoms with E-state index in [1.54, 1.807) is 24.3 Å². The number of amides is 1. The van der Waals surface area contributed by atoms with Crippen LogP contribution in [0.5, 0.6) is 0 Å². The molecule has 4 rings (SSSR count). The van der Waals surface area contributed by atoms with E-state index < -0.39 is 0 Å². The number of rotatable bonds is 4. The molecule has 6 heteroatoms. The molecule has 0 unspecified atom stereocenters. The number of nitrogens with zero attached hydrogens (tertiary/aromatic N) is 3. The molecule has 2 fully saturated rings. The van der Waals surface area contributed by atoms with Gasteiger partial charge in [-0.15, -0.1) is 0 Å². The number of piperidine rings is 1. The Morgan fingerprint density at radius 1 is 1.12 bits per heavy atom. The average molecular weight is 340 g/mol. The van der Waals surface area contributed by atoms with Crippen LogP contribution in [0.1, 0.15) is 54.7 Å². The summed E-state index contributed by atoms with van der Waals surface area (Å²) in [4.78, 5) is 18.8. The molecule has 1 aromatic carbocycles. The van der Waals surface area contributed by atoms with E-state index in [1.807, 2.05) is 4.90 Å². The molecule has 5 nitrogen and oxygen atoms in total. The zero-order valence-corrected chi connectivity index (χ0v) is 14.0. The molecule has 25 heavy (non-hydrogen) atoms. The highest BCUT2D eigenvalue weighted by atomic mass is 19.1. The summed E-state index contributed by atoms with van der Waals surface area (Å²) in [5.41, 5.74) is 0.818. The Balaban J connectivity index is 1.31. The predicted molar refractivity (Wildman–Crippen MR) is 92.3 cm³/mol. The number of likely N-dealkylation sites (tertiary alicyclic amines) is 1. The molecular formula is C19H21FN4O. The first kappa shape index (κ1) is 16.0. The van der Waals surface area contributed by atoms with E-state index >= 15 is 0 Å². The number of hydrogen-bond acceptors (Lipinski definition) is 3. The molecule has 2 aromatic rings. The summed E-state index contributed by atoms with van der Waals surface area (Å²) in [5.74, 6) is 2.56. The Bertz CT molecular complexity index is 771. The van der Waals surface area contributed by atoms with Gasteiger partial charge < -0.3 is 4.90 Å². The maximum atomic E-state index is 12.9. The number of aromatic nitrogens is 3. The quantitative estimate of drug-likeness (QED) is 0.869. The van der Waals surface area contributed by atoms with Crippen molar-refractivity contribution in [1.82, 2.24) is 20.1 Å². The van der Waals surface area contributed by atoms with E-state index in [0.717, 1.165) is 43.1 Å². The summed E-state index contributed by atoms with van der Waals surface area (Å²) in [6, 6.07) is 6.10. The van der Waals surface area contributed by atoms with E-state index in [1.165, 1.54) is 25.0 Å². The summed E-state index contributed by atoms with van der Waals surface area (Å²) in [7, 11) is 0. The average Bonchev–Trinajstić information content (AvgIpc) is 3.38. The van der Waals surface area contributed by atoms with Gasteiger partial charge in [0, 0.05) is 31.0 Å². The van der Waals surface area contributed by atoms with Crippen molar-refractivity contribution in [2.24, 2.45) is 0 Å². The molecule has 0 atom stereocenters. The highest BCUT2D eigenvalue weighted by Crippen LogP contribution is 2.38. The monoisotopic (exact) mass is 340 g/mol. The van der Waals surface area contributed by atoms with Gasteiger partial charge in [0.2, 0.25) is 5.91 Å². The maximum Gasteiger partial charge on any atom is 0.246 e. The van der Waals surface area contributed by atoms with Crippen molar-refractivity contribution in [3.8, 4) is 0 Å². The normalized spacial score (nSPS) is 18.8. The fourth-order valence-corrected chi connectivity index (χ4v) is 3.21. The minimum absolute atomic E-state index is 0.000913. The van der Waals surface area contributed by atoms with Crippen molar-refractivity contribution >= 4 is 12.0 Å². The first-order valence-electron chi connectivity index (χ1n) is 8.84. The minimum atomic E-state index is -0.275. The Morgan fingerprint density at radius 2 is 1.84 bits per heavy atom. The second-order valence-electron chi connectivity index (χ2n) is 6.84. The van der Waals surface area contributed by atoms with Crippen molar-refractivity contribution in [2.75, 3.05) is 13.1 Å². The van der Waals surface area contributed by atoms with Crippen LogP contribution >= 0.6 is 0 Å². The molecule has 1 saturated heterocycles. The Hall–Kier alpha value is -2.50. The van der Waals surface area contributed by atoms with Crippen molar-refractivity contribution in [1.29, 1.82) is 0 Å². The molecule has 2 heterocycles. The Morgan fingerprint density at radius 3 is 2.52 bits per heavy atom. The zero-order chi connectivity index (χ0) is 17.2. The van der Waals surface area contributed by atoms with E-state index in [2.05, 4.69) is 15.2 Å². The summed E-state index contributed by atoms with van der Waals surface area (Å²) < 4.78 is 12.9. The van der Waals surface area contributed by atoms with Gasteiger partial charge >= 0.3 is 0 Å². The van der Waals surface area contributed by atoms with Crippen LogP contribution in [0.4, 0.5) is 4.39 Å². The molecule has 1 aromatic heterocycles. The topological polar surface area (TPSA) is 61.9 Å². The predicted octanol–water partition coefficient (Wildman–Crippen LogP) is 3.24. The van der Waals surface area contributed by atoms with Crippen LogP contribution in [0.15, 0.2) is 30.3 Å². The molecule has 1 aliphatic heterocycles. The molecular weight excluding hydrogens is 319 g/mol. The number of benzene rings is 1. The van der Waals surface area contributed by atoms with Crippen LogP contribution in [-0.4, -0.2) is 39.1 Å². The summed E-state index contributed by atoms with van der Waals surface area (Å²) >= 11 is 0. The SMILES string of the molecule is O=C(/C=C\c1ccc(F)cc1)N1CCC(c2nc(C3CC3)n[nH]2)CC1. The van der Waals surface area contributed by atoms with Gasteiger partial charge in [-0.2, -0.15) is 5.10 Å². The van der Waals surface area contributed by atoms with Gasteiger partial charge in [-0.05, 0) is 49.5 Å². The second-order valence-corrected chi connectivity index (χ2v) is 6.84. The van der Waals surface area contributed by atoms with Crippen LogP contribution in [0, 0.1) is 5.82 Å². The van der Waals surface area contributed by atoms with E-state index in [4.69, 9.17) is 0 Å². The lowest BCUT2D eigenvalue weighted by Crippen LogP contribution is -2.37. The van der Waals surface area contributed by atoms with Crippen molar-refractivity contribution in [3.63, 3.8) is 0 Å². The lowest BCUT2D eigenvalue weighted by molar-refractivity contribution is -0.127. The second kappa shape index (κ2) is 6.78. The molecule has 2 aliphatic rings. The third-order valence-corrected chi connectivity index (χ3v) is 4.94. The number of halogens is 1. The van der Waals surface area contributed by atoms with Crippen LogP contribution in [0.2, 0.25) is 0 Å². The lowest BCUT2D eigenvalue weighted by atomic mass is 9.96. The van der Waals surface area contributed by atoms with Gasteiger partial charge in [-0.1, -0.05) is 12.1 Å². The zero-order valence-electron chi connectivity index (χ0n) is 14.0. The fourth-order valence-electron chi connectivity index (χ4n) is 3.21.